The number of esters is 1. The first-order valence-electron chi connectivity index (χ1n) is 9.91. The Bertz CT molecular complexity index is 1250. The van der Waals surface area contributed by atoms with Gasteiger partial charge in [0.15, 0.2) is 0 Å². The van der Waals surface area contributed by atoms with Gasteiger partial charge >= 0.3 is 12.1 Å². The molecule has 0 aromatic heterocycles. The Kier molecular flexibility index (Phi) is 7.12. The second-order valence-electron chi connectivity index (χ2n) is 7.10. The first-order chi connectivity index (χ1) is 15.5. The molecule has 0 aliphatic carbocycles. The molecule has 0 aliphatic heterocycles. The summed E-state index contributed by atoms with van der Waals surface area (Å²) in [6.07, 6.45) is -4.59. The van der Waals surface area contributed by atoms with E-state index in [-0.39, 0.29) is 22.0 Å². The lowest BCUT2D eigenvalue weighted by Gasteiger charge is -2.12. The SMILES string of the molecule is CCOc1cc(CC(=O)OC)cc(S(=O)(=O)c2cccc(-c3ccc(C(F)(F)F)cc3)c2)c1. The molecule has 3 rings (SSSR count). The zero-order chi connectivity index (χ0) is 24.2. The van der Waals surface area contributed by atoms with Crippen LogP contribution in [0.15, 0.2) is 76.5 Å². The van der Waals surface area contributed by atoms with E-state index < -0.39 is 27.5 Å². The lowest BCUT2D eigenvalue weighted by atomic mass is 10.0. The predicted molar refractivity (Wildman–Crippen MR) is 116 cm³/mol. The molecule has 0 N–H and O–H groups in total. The Morgan fingerprint density at radius 1 is 0.909 bits per heavy atom. The summed E-state index contributed by atoms with van der Waals surface area (Å²) in [5.41, 5.74) is 0.501. The Hall–Kier alpha value is -3.33. The number of benzene rings is 3. The smallest absolute Gasteiger partial charge is 0.416 e. The summed E-state index contributed by atoms with van der Waals surface area (Å²) in [5, 5.41) is 0. The van der Waals surface area contributed by atoms with Crippen molar-refractivity contribution < 1.29 is 35.9 Å². The number of ether oxygens (including phenoxy) is 2. The summed E-state index contributed by atoms with van der Waals surface area (Å²) < 4.78 is 75.3. The van der Waals surface area contributed by atoms with Gasteiger partial charge in [-0.2, -0.15) is 13.2 Å². The van der Waals surface area contributed by atoms with Crippen molar-refractivity contribution in [2.75, 3.05) is 13.7 Å². The first kappa shape index (κ1) is 24.3. The second-order valence-corrected chi connectivity index (χ2v) is 9.05. The third-order valence-electron chi connectivity index (χ3n) is 4.83. The molecule has 5 nitrogen and oxygen atoms in total. The topological polar surface area (TPSA) is 69.7 Å². The van der Waals surface area contributed by atoms with Crippen LogP contribution in [0, 0.1) is 0 Å². The number of carbonyl (C=O) groups excluding carboxylic acids is 1. The molecule has 33 heavy (non-hydrogen) atoms. The third kappa shape index (κ3) is 5.73. The average Bonchev–Trinajstić information content (AvgIpc) is 2.78. The quantitative estimate of drug-likeness (QED) is 0.430. The molecule has 3 aromatic rings. The van der Waals surface area contributed by atoms with Crippen LogP contribution in [-0.4, -0.2) is 28.1 Å². The average molecular weight is 478 g/mol. The number of hydrogen-bond acceptors (Lipinski definition) is 5. The molecule has 0 radical (unpaired) electrons. The van der Waals surface area contributed by atoms with Crippen LogP contribution < -0.4 is 4.74 Å². The minimum Gasteiger partial charge on any atom is -0.494 e. The highest BCUT2D eigenvalue weighted by Crippen LogP contribution is 2.33. The van der Waals surface area contributed by atoms with E-state index >= 15 is 0 Å². The van der Waals surface area contributed by atoms with Crippen LogP contribution in [0.2, 0.25) is 0 Å². The standard InChI is InChI=1S/C24H21F3O5S/c1-3-32-20-11-16(13-23(28)31-2)12-22(15-20)33(29,30)21-6-4-5-18(14-21)17-7-9-19(10-8-17)24(25,26)27/h4-12,14-15H,3,13H2,1-2H3. The molecule has 0 fully saturated rings. The number of hydrogen-bond donors (Lipinski definition) is 0. The summed E-state index contributed by atoms with van der Waals surface area (Å²) in [6.45, 7) is 2.04. The molecular formula is C24H21F3O5S. The number of halogens is 3. The Morgan fingerprint density at radius 3 is 2.21 bits per heavy atom. The van der Waals surface area contributed by atoms with Gasteiger partial charge in [0.1, 0.15) is 5.75 Å². The fourth-order valence-electron chi connectivity index (χ4n) is 3.21. The van der Waals surface area contributed by atoms with Gasteiger partial charge in [0.2, 0.25) is 9.84 Å². The summed E-state index contributed by atoms with van der Waals surface area (Å²) in [4.78, 5) is 11.6. The number of carbonyl (C=O) groups is 1. The summed E-state index contributed by atoms with van der Waals surface area (Å²) >= 11 is 0. The van der Waals surface area contributed by atoms with Gasteiger partial charge in [-0.1, -0.05) is 24.3 Å². The molecule has 0 bridgehead atoms. The number of methoxy groups -OCH3 is 1. The van der Waals surface area contributed by atoms with Crippen molar-refractivity contribution in [3.05, 3.63) is 77.9 Å². The Labute approximate surface area is 189 Å². The maximum Gasteiger partial charge on any atom is 0.416 e. The maximum absolute atomic E-state index is 13.3. The van der Waals surface area contributed by atoms with Gasteiger partial charge in [-0.05, 0) is 66.1 Å². The van der Waals surface area contributed by atoms with Crippen LogP contribution in [-0.2, 0) is 32.0 Å². The van der Waals surface area contributed by atoms with Crippen molar-refractivity contribution in [1.82, 2.24) is 0 Å². The molecule has 0 saturated heterocycles. The van der Waals surface area contributed by atoms with E-state index in [2.05, 4.69) is 4.74 Å². The van der Waals surface area contributed by atoms with Gasteiger partial charge in [-0.15, -0.1) is 0 Å². The lowest BCUT2D eigenvalue weighted by molar-refractivity contribution is -0.140. The summed E-state index contributed by atoms with van der Waals surface area (Å²) in [5.74, 6) is -0.243. The van der Waals surface area contributed by atoms with Crippen LogP contribution in [0.3, 0.4) is 0 Å². The van der Waals surface area contributed by atoms with E-state index in [0.717, 1.165) is 12.1 Å². The van der Waals surface area contributed by atoms with Crippen LogP contribution in [0.1, 0.15) is 18.1 Å². The molecule has 174 valence electrons. The van der Waals surface area contributed by atoms with Crippen molar-refractivity contribution in [1.29, 1.82) is 0 Å². The Balaban J connectivity index is 2.02. The van der Waals surface area contributed by atoms with Crippen LogP contribution in [0.4, 0.5) is 13.2 Å². The monoisotopic (exact) mass is 478 g/mol. The van der Waals surface area contributed by atoms with Crippen LogP contribution in [0.5, 0.6) is 5.75 Å². The Morgan fingerprint density at radius 2 is 1.61 bits per heavy atom. The third-order valence-corrected chi connectivity index (χ3v) is 6.56. The fraction of sp³-hybridized carbons (Fsp3) is 0.208. The summed E-state index contributed by atoms with van der Waals surface area (Å²) in [6, 6.07) is 14.7. The van der Waals surface area contributed by atoms with Gasteiger partial charge in [0.05, 0.1) is 35.5 Å². The maximum atomic E-state index is 13.3. The van der Waals surface area contributed by atoms with Gasteiger partial charge in [-0.25, -0.2) is 8.42 Å². The highest BCUT2D eigenvalue weighted by molar-refractivity contribution is 7.91. The van der Waals surface area contributed by atoms with Crippen LogP contribution >= 0.6 is 0 Å². The molecule has 0 aliphatic rings. The van der Waals surface area contributed by atoms with Gasteiger partial charge in [0.25, 0.3) is 0 Å². The number of sulfone groups is 1. The van der Waals surface area contributed by atoms with Crippen molar-refractivity contribution >= 4 is 15.8 Å². The molecule has 0 heterocycles. The molecular weight excluding hydrogens is 457 g/mol. The largest absolute Gasteiger partial charge is 0.494 e. The normalized spacial score (nSPS) is 11.8. The molecule has 0 atom stereocenters. The first-order valence-corrected chi connectivity index (χ1v) is 11.4. The van der Waals surface area contributed by atoms with Crippen LogP contribution in [0.25, 0.3) is 11.1 Å². The number of alkyl halides is 3. The van der Waals surface area contributed by atoms with Gasteiger partial charge in [-0.3, -0.25) is 4.79 Å². The van der Waals surface area contributed by atoms with E-state index in [1.54, 1.807) is 19.1 Å². The number of rotatable bonds is 7. The molecule has 0 spiro atoms. The van der Waals surface area contributed by atoms with Crippen molar-refractivity contribution in [2.24, 2.45) is 0 Å². The van der Waals surface area contributed by atoms with Crippen molar-refractivity contribution in [3.8, 4) is 16.9 Å². The second kappa shape index (κ2) is 9.66. The predicted octanol–water partition coefficient (Wildman–Crippen LogP) is 5.32. The highest BCUT2D eigenvalue weighted by atomic mass is 32.2. The molecule has 0 amide bonds. The van der Waals surface area contributed by atoms with E-state index in [1.165, 1.54) is 49.6 Å². The molecule has 0 saturated carbocycles. The van der Waals surface area contributed by atoms with Crippen molar-refractivity contribution in [2.45, 2.75) is 29.3 Å². The van der Waals surface area contributed by atoms with E-state index in [0.29, 0.717) is 23.3 Å². The fourth-order valence-corrected chi connectivity index (χ4v) is 4.60. The zero-order valence-corrected chi connectivity index (χ0v) is 18.7. The van der Waals surface area contributed by atoms with Crippen molar-refractivity contribution in [3.63, 3.8) is 0 Å². The van der Waals surface area contributed by atoms with E-state index in [4.69, 9.17) is 4.74 Å². The minimum atomic E-state index is -4.46. The molecule has 3 aromatic carbocycles. The minimum absolute atomic E-state index is 0.0439. The van der Waals surface area contributed by atoms with E-state index in [1.807, 2.05) is 0 Å². The highest BCUT2D eigenvalue weighted by Gasteiger charge is 2.30. The molecule has 9 heteroatoms. The summed E-state index contributed by atoms with van der Waals surface area (Å²) in [7, 11) is -2.78. The van der Waals surface area contributed by atoms with Gasteiger partial charge < -0.3 is 9.47 Å². The van der Waals surface area contributed by atoms with E-state index in [9.17, 15) is 26.4 Å². The lowest BCUT2D eigenvalue weighted by Crippen LogP contribution is -2.08. The zero-order valence-electron chi connectivity index (χ0n) is 17.8. The molecule has 0 unspecified atom stereocenters. The van der Waals surface area contributed by atoms with Gasteiger partial charge in [0, 0.05) is 0 Å².